The summed E-state index contributed by atoms with van der Waals surface area (Å²) in [6.45, 7) is 0. The van der Waals surface area contributed by atoms with Crippen LogP contribution in [0.5, 0.6) is 0 Å². The summed E-state index contributed by atoms with van der Waals surface area (Å²) in [5.41, 5.74) is 1.49. The van der Waals surface area contributed by atoms with Crippen molar-refractivity contribution in [3.63, 3.8) is 0 Å². The van der Waals surface area contributed by atoms with Gasteiger partial charge in [0, 0.05) is 22.7 Å². The van der Waals surface area contributed by atoms with Crippen LogP contribution in [-0.2, 0) is 0 Å². The topological polar surface area (TPSA) is 12.0 Å². The zero-order valence-electron chi connectivity index (χ0n) is 8.65. The van der Waals surface area contributed by atoms with E-state index in [-0.39, 0.29) is 0 Å². The Hall–Kier alpha value is -0.730. The molecule has 78 valence electrons. The predicted molar refractivity (Wildman–Crippen MR) is 65.2 cm³/mol. The van der Waals surface area contributed by atoms with E-state index >= 15 is 0 Å². The van der Waals surface area contributed by atoms with Crippen LogP contribution < -0.4 is 5.32 Å². The van der Waals surface area contributed by atoms with Crippen molar-refractivity contribution in [1.82, 2.24) is 5.32 Å². The van der Waals surface area contributed by atoms with Gasteiger partial charge in [0.15, 0.2) is 0 Å². The standard InChI is InChI=1S/C13H15NS/c1-2-6-10(5-1)14-12-9-15-13-8-4-3-7-11(12)13/h1-4,7-8,10,12,14H,5-6,9H2. The first-order valence-electron chi connectivity index (χ1n) is 5.56. The lowest BCUT2D eigenvalue weighted by Gasteiger charge is -2.18. The monoisotopic (exact) mass is 217 g/mol. The number of nitrogens with one attached hydrogen (secondary N) is 1. The third-order valence-electron chi connectivity index (χ3n) is 3.14. The minimum Gasteiger partial charge on any atom is -0.306 e. The third kappa shape index (κ3) is 1.84. The van der Waals surface area contributed by atoms with E-state index < -0.39 is 0 Å². The molecule has 1 aliphatic carbocycles. The predicted octanol–water partition coefficient (Wildman–Crippen LogP) is 3.14. The summed E-state index contributed by atoms with van der Waals surface area (Å²) in [5, 5.41) is 3.75. The summed E-state index contributed by atoms with van der Waals surface area (Å²) >= 11 is 1.98. The zero-order valence-corrected chi connectivity index (χ0v) is 9.46. The van der Waals surface area contributed by atoms with Crippen LogP contribution in [0.3, 0.4) is 0 Å². The molecule has 1 nitrogen and oxygen atoms in total. The van der Waals surface area contributed by atoms with Crippen molar-refractivity contribution in [2.75, 3.05) is 5.75 Å². The Morgan fingerprint density at radius 3 is 2.80 bits per heavy atom. The lowest BCUT2D eigenvalue weighted by atomic mass is 10.1. The Bertz CT molecular complexity index is 378. The van der Waals surface area contributed by atoms with Gasteiger partial charge in [0.25, 0.3) is 0 Å². The minimum atomic E-state index is 0.566. The van der Waals surface area contributed by atoms with Gasteiger partial charge in [-0.3, -0.25) is 0 Å². The molecule has 0 saturated carbocycles. The maximum absolute atomic E-state index is 3.75. The number of thioether (sulfide) groups is 1. The van der Waals surface area contributed by atoms with E-state index in [1.807, 2.05) is 11.8 Å². The summed E-state index contributed by atoms with van der Waals surface area (Å²) in [6, 6.07) is 10.00. The molecular formula is C13H15NS. The van der Waals surface area contributed by atoms with E-state index in [2.05, 4.69) is 41.7 Å². The summed E-state index contributed by atoms with van der Waals surface area (Å²) in [5.74, 6) is 1.19. The molecule has 1 atom stereocenters. The van der Waals surface area contributed by atoms with Gasteiger partial charge in [-0.1, -0.05) is 30.4 Å². The van der Waals surface area contributed by atoms with Crippen molar-refractivity contribution in [1.29, 1.82) is 0 Å². The highest BCUT2D eigenvalue weighted by molar-refractivity contribution is 7.99. The maximum Gasteiger partial charge on any atom is 0.0428 e. The Balaban J connectivity index is 1.73. The second kappa shape index (κ2) is 4.03. The quantitative estimate of drug-likeness (QED) is 0.764. The molecular weight excluding hydrogens is 202 g/mol. The van der Waals surface area contributed by atoms with E-state index in [0.717, 1.165) is 0 Å². The minimum absolute atomic E-state index is 0.566. The van der Waals surface area contributed by atoms with Gasteiger partial charge >= 0.3 is 0 Å². The van der Waals surface area contributed by atoms with Crippen molar-refractivity contribution < 1.29 is 0 Å². The van der Waals surface area contributed by atoms with Gasteiger partial charge in [-0.15, -0.1) is 11.8 Å². The van der Waals surface area contributed by atoms with Crippen LogP contribution in [0.15, 0.2) is 41.3 Å². The van der Waals surface area contributed by atoms with Crippen LogP contribution >= 0.6 is 11.8 Å². The molecule has 0 saturated heterocycles. The molecule has 15 heavy (non-hydrogen) atoms. The molecule has 1 aromatic carbocycles. The first kappa shape index (κ1) is 9.49. The Labute approximate surface area is 95.0 Å². The van der Waals surface area contributed by atoms with Crippen molar-refractivity contribution in [2.45, 2.75) is 29.8 Å². The summed E-state index contributed by atoms with van der Waals surface area (Å²) < 4.78 is 0. The molecule has 1 heterocycles. The molecule has 2 aliphatic rings. The van der Waals surface area contributed by atoms with Gasteiger partial charge in [-0.2, -0.15) is 0 Å². The number of rotatable bonds is 2. The molecule has 1 aliphatic heterocycles. The molecule has 2 heteroatoms. The number of hydrogen-bond donors (Lipinski definition) is 1. The second-order valence-electron chi connectivity index (χ2n) is 4.21. The van der Waals surface area contributed by atoms with Crippen LogP contribution in [0.4, 0.5) is 0 Å². The Morgan fingerprint density at radius 2 is 1.93 bits per heavy atom. The van der Waals surface area contributed by atoms with E-state index in [0.29, 0.717) is 12.1 Å². The molecule has 0 amide bonds. The molecule has 0 spiro atoms. The van der Waals surface area contributed by atoms with Crippen LogP contribution in [-0.4, -0.2) is 11.8 Å². The van der Waals surface area contributed by atoms with Crippen molar-refractivity contribution in [2.24, 2.45) is 0 Å². The summed E-state index contributed by atoms with van der Waals surface area (Å²) in [7, 11) is 0. The van der Waals surface area contributed by atoms with E-state index in [1.54, 1.807) is 0 Å². The highest BCUT2D eigenvalue weighted by atomic mass is 32.2. The fraction of sp³-hybridized carbons (Fsp3) is 0.385. The highest BCUT2D eigenvalue weighted by Gasteiger charge is 2.24. The largest absolute Gasteiger partial charge is 0.306 e. The molecule has 0 fully saturated rings. The molecule has 0 aromatic heterocycles. The average molecular weight is 217 g/mol. The normalized spacial score (nSPS) is 24.7. The van der Waals surface area contributed by atoms with Gasteiger partial charge in [0.1, 0.15) is 0 Å². The summed E-state index contributed by atoms with van der Waals surface area (Å²) in [4.78, 5) is 1.46. The zero-order chi connectivity index (χ0) is 10.1. The number of hydrogen-bond acceptors (Lipinski definition) is 2. The van der Waals surface area contributed by atoms with Gasteiger partial charge < -0.3 is 5.32 Å². The SMILES string of the molecule is C1=CCC(NC2CSc3ccccc32)C1. The lowest BCUT2D eigenvalue weighted by Crippen LogP contribution is -2.30. The molecule has 1 aromatic rings. The van der Waals surface area contributed by atoms with E-state index in [4.69, 9.17) is 0 Å². The van der Waals surface area contributed by atoms with Gasteiger partial charge in [0.2, 0.25) is 0 Å². The molecule has 1 unspecified atom stereocenters. The van der Waals surface area contributed by atoms with Crippen molar-refractivity contribution in [3.05, 3.63) is 42.0 Å². The number of benzene rings is 1. The first-order valence-corrected chi connectivity index (χ1v) is 6.55. The van der Waals surface area contributed by atoms with Crippen LogP contribution in [0.2, 0.25) is 0 Å². The maximum atomic E-state index is 3.75. The highest BCUT2D eigenvalue weighted by Crippen LogP contribution is 2.38. The van der Waals surface area contributed by atoms with Crippen LogP contribution in [0, 0.1) is 0 Å². The van der Waals surface area contributed by atoms with Gasteiger partial charge in [0.05, 0.1) is 0 Å². The first-order chi connectivity index (χ1) is 7.43. The Morgan fingerprint density at radius 1 is 1.13 bits per heavy atom. The average Bonchev–Trinajstić information content (AvgIpc) is 2.89. The molecule has 0 radical (unpaired) electrons. The fourth-order valence-corrected chi connectivity index (χ4v) is 3.51. The van der Waals surface area contributed by atoms with Gasteiger partial charge in [-0.25, -0.2) is 0 Å². The van der Waals surface area contributed by atoms with Gasteiger partial charge in [-0.05, 0) is 24.5 Å². The Kier molecular flexibility index (Phi) is 2.55. The fourth-order valence-electron chi connectivity index (χ4n) is 2.34. The second-order valence-corrected chi connectivity index (χ2v) is 5.27. The number of fused-ring (bicyclic) bond motifs is 1. The molecule has 1 N–H and O–H groups in total. The third-order valence-corrected chi connectivity index (χ3v) is 4.33. The van der Waals surface area contributed by atoms with Crippen molar-refractivity contribution in [3.8, 4) is 0 Å². The van der Waals surface area contributed by atoms with Crippen LogP contribution in [0.25, 0.3) is 0 Å². The van der Waals surface area contributed by atoms with E-state index in [9.17, 15) is 0 Å². The smallest absolute Gasteiger partial charge is 0.0428 e. The molecule has 3 rings (SSSR count). The van der Waals surface area contributed by atoms with Crippen LogP contribution in [0.1, 0.15) is 24.4 Å². The summed E-state index contributed by atoms with van der Waals surface area (Å²) in [6.07, 6.45) is 6.96. The lowest BCUT2D eigenvalue weighted by molar-refractivity contribution is 0.477. The van der Waals surface area contributed by atoms with E-state index in [1.165, 1.54) is 29.1 Å². The molecule has 0 bridgehead atoms. The van der Waals surface area contributed by atoms with Crippen molar-refractivity contribution >= 4 is 11.8 Å².